The molecule has 1 aliphatic heterocycles. The average molecular weight is 585 g/mol. The van der Waals surface area contributed by atoms with Gasteiger partial charge in [-0.1, -0.05) is 66.7 Å². The first-order valence-corrected chi connectivity index (χ1v) is 14.6. The van der Waals surface area contributed by atoms with Gasteiger partial charge in [-0.05, 0) is 53.1 Å². The highest BCUT2D eigenvalue weighted by atomic mass is 32.2. The lowest BCUT2D eigenvalue weighted by molar-refractivity contribution is -0.245. The third kappa shape index (κ3) is 7.98. The van der Waals surface area contributed by atoms with E-state index in [-0.39, 0.29) is 30.4 Å². The molecule has 1 aliphatic rings. The molecule has 3 atom stereocenters. The van der Waals surface area contributed by atoms with Crippen molar-refractivity contribution in [3.05, 3.63) is 131 Å². The van der Waals surface area contributed by atoms with Crippen molar-refractivity contribution in [2.45, 2.75) is 43.0 Å². The van der Waals surface area contributed by atoms with Gasteiger partial charge in [0.25, 0.3) is 0 Å². The van der Waals surface area contributed by atoms with Crippen LogP contribution in [0.2, 0.25) is 0 Å². The van der Waals surface area contributed by atoms with E-state index < -0.39 is 12.3 Å². The van der Waals surface area contributed by atoms with Gasteiger partial charge in [-0.25, -0.2) is 9.59 Å². The monoisotopic (exact) mass is 584 g/mol. The van der Waals surface area contributed by atoms with Crippen LogP contribution in [0.25, 0.3) is 0 Å². The molecule has 2 amide bonds. The highest BCUT2D eigenvalue weighted by molar-refractivity contribution is 7.99. The van der Waals surface area contributed by atoms with E-state index in [1.807, 2.05) is 78.9 Å². The van der Waals surface area contributed by atoms with Gasteiger partial charge in [-0.3, -0.25) is 0 Å². The van der Waals surface area contributed by atoms with Gasteiger partial charge >= 0.3 is 12.0 Å². The van der Waals surface area contributed by atoms with E-state index in [4.69, 9.17) is 9.47 Å². The molecule has 3 unspecified atom stereocenters. The summed E-state index contributed by atoms with van der Waals surface area (Å²) < 4.78 is 12.8. The Morgan fingerprint density at radius 3 is 2.31 bits per heavy atom. The lowest BCUT2D eigenvalue weighted by atomic mass is 10.0. The maximum absolute atomic E-state index is 12.6. The van der Waals surface area contributed by atoms with Crippen molar-refractivity contribution >= 4 is 29.4 Å². The van der Waals surface area contributed by atoms with E-state index >= 15 is 0 Å². The van der Waals surface area contributed by atoms with Crippen molar-refractivity contribution < 1.29 is 29.3 Å². The first-order chi connectivity index (χ1) is 20.5. The molecular formula is C33H32N2O6S. The number of benzene rings is 4. The molecule has 1 heterocycles. The number of carbonyl (C=O) groups excluding carboxylic acids is 1. The summed E-state index contributed by atoms with van der Waals surface area (Å²) in [5, 5.41) is 24.4. The van der Waals surface area contributed by atoms with Crippen LogP contribution in [0.15, 0.2) is 108 Å². The predicted molar refractivity (Wildman–Crippen MR) is 161 cm³/mol. The number of aliphatic hydroxyl groups excluding tert-OH is 1. The van der Waals surface area contributed by atoms with E-state index in [0.29, 0.717) is 24.4 Å². The minimum Gasteiger partial charge on any atom is -0.478 e. The number of urea groups is 1. The van der Waals surface area contributed by atoms with Gasteiger partial charge in [0.2, 0.25) is 0 Å². The molecule has 42 heavy (non-hydrogen) atoms. The van der Waals surface area contributed by atoms with Crippen molar-refractivity contribution in [2.24, 2.45) is 0 Å². The van der Waals surface area contributed by atoms with Crippen molar-refractivity contribution in [1.29, 1.82) is 0 Å². The molecule has 0 aliphatic carbocycles. The molecule has 5 rings (SSSR count). The zero-order valence-electron chi connectivity index (χ0n) is 22.8. The van der Waals surface area contributed by atoms with E-state index in [2.05, 4.69) is 10.6 Å². The summed E-state index contributed by atoms with van der Waals surface area (Å²) in [7, 11) is 0. The maximum atomic E-state index is 12.6. The lowest BCUT2D eigenvalue weighted by Crippen LogP contribution is -2.31. The van der Waals surface area contributed by atoms with Crippen LogP contribution in [0, 0.1) is 0 Å². The van der Waals surface area contributed by atoms with Gasteiger partial charge in [0, 0.05) is 34.9 Å². The highest BCUT2D eigenvalue weighted by Gasteiger charge is 2.32. The molecule has 0 saturated carbocycles. The quantitative estimate of drug-likeness (QED) is 0.157. The Bertz CT molecular complexity index is 1480. The van der Waals surface area contributed by atoms with Gasteiger partial charge in [-0.15, -0.1) is 11.8 Å². The number of aromatic carboxylic acids is 1. The van der Waals surface area contributed by atoms with Crippen molar-refractivity contribution in [3.8, 4) is 0 Å². The van der Waals surface area contributed by atoms with Gasteiger partial charge in [0.1, 0.15) is 0 Å². The van der Waals surface area contributed by atoms with Crippen molar-refractivity contribution in [1.82, 2.24) is 5.32 Å². The summed E-state index contributed by atoms with van der Waals surface area (Å²) in [4.78, 5) is 24.7. The Balaban J connectivity index is 1.28. The number of hydrogen-bond acceptors (Lipinski definition) is 6. The summed E-state index contributed by atoms with van der Waals surface area (Å²) in [5.74, 6) is -0.320. The molecule has 216 valence electrons. The Kier molecular flexibility index (Phi) is 9.89. The van der Waals surface area contributed by atoms with Crippen LogP contribution in [-0.2, 0) is 22.6 Å². The molecule has 0 bridgehead atoms. The summed E-state index contributed by atoms with van der Waals surface area (Å²) in [5.41, 5.74) is 4.44. The number of hydrogen-bond donors (Lipinski definition) is 4. The van der Waals surface area contributed by atoms with Crippen LogP contribution >= 0.6 is 11.8 Å². The van der Waals surface area contributed by atoms with E-state index in [0.717, 1.165) is 27.1 Å². The smallest absolute Gasteiger partial charge is 0.335 e. The first kappa shape index (κ1) is 29.3. The SMILES string of the molecule is O=C(NCc1ccccc1)Nc1cccc(C2OC(CSc3ccc(C(=O)O)cc3)CC(c3ccc(CO)cc3)O2)c1. The van der Waals surface area contributed by atoms with Crippen LogP contribution in [0.3, 0.4) is 0 Å². The molecule has 0 aromatic heterocycles. The van der Waals surface area contributed by atoms with Crippen LogP contribution in [-0.4, -0.2) is 34.1 Å². The second kappa shape index (κ2) is 14.2. The molecule has 1 fully saturated rings. The second-order valence-electron chi connectivity index (χ2n) is 9.91. The fraction of sp³-hybridized carbons (Fsp3) is 0.212. The number of anilines is 1. The topological polar surface area (TPSA) is 117 Å². The zero-order chi connectivity index (χ0) is 29.3. The molecule has 9 heteroatoms. The number of carbonyl (C=O) groups is 2. The fourth-order valence-corrected chi connectivity index (χ4v) is 5.54. The van der Waals surface area contributed by atoms with Gasteiger partial charge in [-0.2, -0.15) is 0 Å². The molecule has 4 aromatic carbocycles. The maximum Gasteiger partial charge on any atom is 0.335 e. The lowest BCUT2D eigenvalue weighted by Gasteiger charge is -2.36. The van der Waals surface area contributed by atoms with Crippen LogP contribution < -0.4 is 10.6 Å². The molecule has 0 spiro atoms. The van der Waals surface area contributed by atoms with Crippen molar-refractivity contribution in [2.75, 3.05) is 11.1 Å². The highest BCUT2D eigenvalue weighted by Crippen LogP contribution is 2.40. The molecule has 4 N–H and O–H groups in total. The third-order valence-corrected chi connectivity index (χ3v) is 8.01. The number of aliphatic hydroxyl groups is 1. The molecule has 8 nitrogen and oxygen atoms in total. The van der Waals surface area contributed by atoms with Gasteiger partial charge < -0.3 is 30.3 Å². The summed E-state index contributed by atoms with van der Waals surface area (Å²) in [6, 6.07) is 31.3. The number of ether oxygens (including phenoxy) is 2. The number of nitrogens with one attached hydrogen (secondary N) is 2. The van der Waals surface area contributed by atoms with E-state index in [1.54, 1.807) is 36.0 Å². The first-order valence-electron chi connectivity index (χ1n) is 13.6. The number of rotatable bonds is 10. The number of carboxylic acid groups (broad SMARTS) is 1. The Labute approximate surface area is 248 Å². The molecule has 4 aromatic rings. The summed E-state index contributed by atoms with van der Waals surface area (Å²) in [6.07, 6.45) is -0.464. The Morgan fingerprint density at radius 1 is 0.833 bits per heavy atom. The zero-order valence-corrected chi connectivity index (χ0v) is 23.6. The molecular weight excluding hydrogens is 552 g/mol. The fourth-order valence-electron chi connectivity index (χ4n) is 4.62. The van der Waals surface area contributed by atoms with Crippen molar-refractivity contribution in [3.63, 3.8) is 0 Å². The van der Waals surface area contributed by atoms with E-state index in [9.17, 15) is 19.8 Å². The largest absolute Gasteiger partial charge is 0.478 e. The number of thioether (sulfide) groups is 1. The number of amides is 2. The predicted octanol–water partition coefficient (Wildman–Crippen LogP) is 6.54. The number of carboxylic acids is 1. The molecule has 1 saturated heterocycles. The van der Waals surface area contributed by atoms with Crippen LogP contribution in [0.4, 0.5) is 10.5 Å². The standard InChI is InChI=1S/C33H32N2O6S/c36-20-23-9-11-24(12-10-23)30-18-28(21-42-29-15-13-25(14-16-29)31(37)38)40-32(41-30)26-7-4-8-27(17-26)35-33(39)34-19-22-5-2-1-3-6-22/h1-17,28,30,32,36H,18-21H2,(H,37,38)(H2,34,35,39). The van der Waals surface area contributed by atoms with Crippen LogP contribution in [0.1, 0.15) is 51.4 Å². The van der Waals surface area contributed by atoms with Gasteiger partial charge in [0.05, 0.1) is 24.4 Å². The Morgan fingerprint density at radius 2 is 1.60 bits per heavy atom. The third-order valence-electron chi connectivity index (χ3n) is 6.86. The average Bonchev–Trinajstić information content (AvgIpc) is 3.03. The Hall–Kier alpha value is -4.15. The van der Waals surface area contributed by atoms with Crippen LogP contribution in [0.5, 0.6) is 0 Å². The summed E-state index contributed by atoms with van der Waals surface area (Å²) in [6.45, 7) is 0.381. The van der Waals surface area contributed by atoms with E-state index in [1.165, 1.54) is 0 Å². The molecule has 0 radical (unpaired) electrons. The van der Waals surface area contributed by atoms with Gasteiger partial charge in [0.15, 0.2) is 6.29 Å². The minimum absolute atomic E-state index is 0.0316. The second-order valence-corrected chi connectivity index (χ2v) is 11.0. The minimum atomic E-state index is -0.956. The normalized spacial score (nSPS) is 18.3. The summed E-state index contributed by atoms with van der Waals surface area (Å²) >= 11 is 1.59.